The lowest BCUT2D eigenvalue weighted by molar-refractivity contribution is 1.00. The highest BCUT2D eigenvalue weighted by molar-refractivity contribution is 8.14. The molecule has 2 aromatic carbocycles. The van der Waals surface area contributed by atoms with Crippen LogP contribution in [0.25, 0.3) is 11.1 Å². The zero-order chi connectivity index (χ0) is 14.5. The molecule has 0 atom stereocenters. The third-order valence-electron chi connectivity index (χ3n) is 3.26. The van der Waals surface area contributed by atoms with Gasteiger partial charge in [0.1, 0.15) is 0 Å². The van der Waals surface area contributed by atoms with E-state index in [0.717, 1.165) is 28.7 Å². The maximum absolute atomic E-state index is 4.42. The van der Waals surface area contributed by atoms with Gasteiger partial charge in [0.25, 0.3) is 0 Å². The smallest absolute Gasteiger partial charge is 0.177 e. The van der Waals surface area contributed by atoms with Crippen molar-refractivity contribution < 1.29 is 0 Å². The van der Waals surface area contributed by atoms with E-state index >= 15 is 0 Å². The third-order valence-corrected chi connectivity index (χ3v) is 4.17. The number of benzene rings is 2. The van der Waals surface area contributed by atoms with E-state index in [1.165, 1.54) is 11.1 Å². The SMILES string of the molecule is CCN=C1NN=C(c2ccc(-c3ccccc3)cc2)CS1. The Morgan fingerprint density at radius 1 is 1.00 bits per heavy atom. The van der Waals surface area contributed by atoms with Crippen LogP contribution in [0.15, 0.2) is 64.7 Å². The van der Waals surface area contributed by atoms with Crippen LogP contribution in [0.1, 0.15) is 12.5 Å². The average Bonchev–Trinajstić information content (AvgIpc) is 2.57. The van der Waals surface area contributed by atoms with Crippen molar-refractivity contribution in [3.05, 3.63) is 60.2 Å². The van der Waals surface area contributed by atoms with E-state index in [1.807, 2.05) is 13.0 Å². The van der Waals surface area contributed by atoms with Gasteiger partial charge in [-0.15, -0.1) is 0 Å². The number of rotatable bonds is 3. The predicted octanol–water partition coefficient (Wildman–Crippen LogP) is 3.77. The minimum absolute atomic E-state index is 0.784. The van der Waals surface area contributed by atoms with Crippen LogP contribution < -0.4 is 5.43 Å². The maximum Gasteiger partial charge on any atom is 0.177 e. The molecule has 2 aromatic rings. The number of thioether (sulfide) groups is 1. The van der Waals surface area contributed by atoms with Gasteiger partial charge in [-0.25, -0.2) is 0 Å². The summed E-state index contributed by atoms with van der Waals surface area (Å²) in [6.45, 7) is 2.81. The minimum atomic E-state index is 0.784. The van der Waals surface area contributed by atoms with Crippen molar-refractivity contribution >= 4 is 22.6 Å². The molecule has 0 aliphatic carbocycles. The first-order valence-corrected chi connectivity index (χ1v) is 8.01. The Kier molecular flexibility index (Phi) is 4.36. The molecule has 1 heterocycles. The second-order valence-electron chi connectivity index (χ2n) is 4.68. The average molecular weight is 295 g/mol. The number of nitrogens with zero attached hydrogens (tertiary/aromatic N) is 2. The summed E-state index contributed by atoms with van der Waals surface area (Å²) in [6.07, 6.45) is 0. The number of nitrogens with one attached hydrogen (secondary N) is 1. The molecule has 0 saturated heterocycles. The maximum atomic E-state index is 4.42. The number of aliphatic imine (C=N–C) groups is 1. The summed E-state index contributed by atoms with van der Waals surface area (Å²) in [5, 5.41) is 5.32. The van der Waals surface area contributed by atoms with E-state index in [9.17, 15) is 0 Å². The summed E-state index contributed by atoms with van der Waals surface area (Å²) in [4.78, 5) is 4.33. The molecule has 0 radical (unpaired) electrons. The quantitative estimate of drug-likeness (QED) is 0.936. The second kappa shape index (κ2) is 6.59. The Labute approximate surface area is 129 Å². The highest BCUT2D eigenvalue weighted by atomic mass is 32.2. The van der Waals surface area contributed by atoms with Crippen molar-refractivity contribution in [3.63, 3.8) is 0 Å². The van der Waals surface area contributed by atoms with Crippen LogP contribution in [0.3, 0.4) is 0 Å². The van der Waals surface area contributed by atoms with Crippen LogP contribution in [0.5, 0.6) is 0 Å². The molecule has 0 amide bonds. The van der Waals surface area contributed by atoms with Gasteiger partial charge in [0.15, 0.2) is 5.17 Å². The molecule has 3 rings (SSSR count). The zero-order valence-electron chi connectivity index (χ0n) is 11.9. The van der Waals surface area contributed by atoms with Gasteiger partial charge in [0.05, 0.1) is 5.71 Å². The Morgan fingerprint density at radius 2 is 1.67 bits per heavy atom. The topological polar surface area (TPSA) is 36.8 Å². The first-order chi connectivity index (χ1) is 10.4. The molecule has 0 saturated carbocycles. The van der Waals surface area contributed by atoms with E-state index in [-0.39, 0.29) is 0 Å². The summed E-state index contributed by atoms with van der Waals surface area (Å²) in [5.74, 6) is 0.858. The molecule has 0 unspecified atom stereocenters. The van der Waals surface area contributed by atoms with Crippen molar-refractivity contribution in [2.75, 3.05) is 12.3 Å². The van der Waals surface area contributed by atoms with Crippen LogP contribution in [-0.2, 0) is 0 Å². The minimum Gasteiger partial charge on any atom is -0.262 e. The van der Waals surface area contributed by atoms with Crippen molar-refractivity contribution in [2.24, 2.45) is 10.1 Å². The van der Waals surface area contributed by atoms with Crippen molar-refractivity contribution in [1.82, 2.24) is 5.43 Å². The Morgan fingerprint density at radius 3 is 2.29 bits per heavy atom. The normalized spacial score (nSPS) is 16.4. The summed E-state index contributed by atoms with van der Waals surface area (Å²) in [6, 6.07) is 19.0. The van der Waals surface area contributed by atoms with E-state index in [2.05, 4.69) is 64.1 Å². The van der Waals surface area contributed by atoms with Crippen LogP contribution in [0.2, 0.25) is 0 Å². The van der Waals surface area contributed by atoms with Gasteiger partial charge in [0.2, 0.25) is 0 Å². The van der Waals surface area contributed by atoms with E-state index in [1.54, 1.807) is 11.8 Å². The van der Waals surface area contributed by atoms with Gasteiger partial charge in [-0.1, -0.05) is 66.4 Å². The van der Waals surface area contributed by atoms with Crippen LogP contribution >= 0.6 is 11.8 Å². The molecule has 1 aliphatic heterocycles. The summed E-state index contributed by atoms with van der Waals surface area (Å²) < 4.78 is 0. The Hall–Kier alpha value is -2.07. The molecule has 0 fully saturated rings. The lowest BCUT2D eigenvalue weighted by Crippen LogP contribution is -2.25. The molecule has 0 aromatic heterocycles. The monoisotopic (exact) mass is 295 g/mol. The van der Waals surface area contributed by atoms with Gasteiger partial charge < -0.3 is 0 Å². The van der Waals surface area contributed by atoms with Crippen molar-refractivity contribution in [3.8, 4) is 11.1 Å². The highest BCUT2D eigenvalue weighted by Crippen LogP contribution is 2.21. The Balaban J connectivity index is 1.78. The number of hydrogen-bond acceptors (Lipinski definition) is 3. The first-order valence-electron chi connectivity index (χ1n) is 7.02. The van der Waals surface area contributed by atoms with Gasteiger partial charge in [-0.2, -0.15) is 5.10 Å². The predicted molar refractivity (Wildman–Crippen MR) is 92.0 cm³/mol. The van der Waals surface area contributed by atoms with Gasteiger partial charge >= 0.3 is 0 Å². The van der Waals surface area contributed by atoms with Gasteiger partial charge in [0, 0.05) is 12.3 Å². The summed E-state index contributed by atoms with van der Waals surface area (Å²) >= 11 is 1.70. The first kappa shape index (κ1) is 13.9. The lowest BCUT2D eigenvalue weighted by Gasteiger charge is -2.15. The number of hydrazone groups is 1. The van der Waals surface area contributed by atoms with Crippen LogP contribution in [0.4, 0.5) is 0 Å². The van der Waals surface area contributed by atoms with Crippen LogP contribution in [0, 0.1) is 0 Å². The lowest BCUT2D eigenvalue weighted by atomic mass is 10.0. The van der Waals surface area contributed by atoms with Gasteiger partial charge in [-0.05, 0) is 23.6 Å². The van der Waals surface area contributed by atoms with Crippen molar-refractivity contribution in [1.29, 1.82) is 0 Å². The van der Waals surface area contributed by atoms with Gasteiger partial charge in [-0.3, -0.25) is 10.4 Å². The zero-order valence-corrected chi connectivity index (χ0v) is 12.7. The van der Waals surface area contributed by atoms with Crippen LogP contribution in [-0.4, -0.2) is 23.2 Å². The fraction of sp³-hybridized carbons (Fsp3) is 0.176. The number of hydrogen-bond donors (Lipinski definition) is 1. The molecule has 3 nitrogen and oxygen atoms in total. The largest absolute Gasteiger partial charge is 0.262 e. The molecule has 4 heteroatoms. The van der Waals surface area contributed by atoms with E-state index in [4.69, 9.17) is 0 Å². The molecule has 1 N–H and O–H groups in total. The Bertz CT molecular complexity index is 660. The molecule has 21 heavy (non-hydrogen) atoms. The molecular weight excluding hydrogens is 278 g/mol. The van der Waals surface area contributed by atoms with E-state index < -0.39 is 0 Å². The molecular formula is C17H17N3S. The van der Waals surface area contributed by atoms with E-state index in [0.29, 0.717) is 0 Å². The molecule has 0 spiro atoms. The standard InChI is InChI=1S/C17H17N3S/c1-2-18-17-20-19-16(12-21-17)15-10-8-14(9-11-15)13-6-4-3-5-7-13/h3-11H,2,12H2,1H3,(H,18,20). The van der Waals surface area contributed by atoms with Crippen molar-refractivity contribution in [2.45, 2.75) is 6.92 Å². The fourth-order valence-corrected chi connectivity index (χ4v) is 3.01. The third kappa shape index (κ3) is 3.34. The molecule has 106 valence electrons. The molecule has 1 aliphatic rings. The summed E-state index contributed by atoms with van der Waals surface area (Å²) in [5.41, 5.74) is 7.70. The highest BCUT2D eigenvalue weighted by Gasteiger charge is 2.12. The fourth-order valence-electron chi connectivity index (χ4n) is 2.17. The molecule has 0 bridgehead atoms. The number of amidine groups is 1. The second-order valence-corrected chi connectivity index (χ2v) is 5.65. The summed E-state index contributed by atoms with van der Waals surface area (Å²) in [7, 11) is 0.